The fourth-order valence-corrected chi connectivity index (χ4v) is 3.71. The van der Waals surface area contributed by atoms with Crippen LogP contribution < -0.4 is 5.32 Å². The molecule has 2 rings (SSSR count). The summed E-state index contributed by atoms with van der Waals surface area (Å²) in [6, 6.07) is 0. The largest absolute Gasteiger partial charge is 0.463 e. The topological polar surface area (TPSA) is 144 Å². The molecule has 2 aliphatic heterocycles. The molecule has 168 valence electrons. The van der Waals surface area contributed by atoms with E-state index in [2.05, 4.69) is 5.32 Å². The molecule has 11 nitrogen and oxygen atoms in total. The summed E-state index contributed by atoms with van der Waals surface area (Å²) in [7, 11) is 0. The molecule has 2 saturated heterocycles. The van der Waals surface area contributed by atoms with E-state index in [1.807, 2.05) is 0 Å². The molecule has 0 aromatic heterocycles. The van der Waals surface area contributed by atoms with Crippen molar-refractivity contribution in [3.63, 3.8) is 0 Å². The van der Waals surface area contributed by atoms with Crippen LogP contribution in [-0.2, 0) is 47.7 Å². The molecule has 2 heterocycles. The highest BCUT2D eigenvalue weighted by Gasteiger charge is 2.60. The minimum absolute atomic E-state index is 0.234. The van der Waals surface area contributed by atoms with Gasteiger partial charge in [0.2, 0.25) is 5.91 Å². The van der Waals surface area contributed by atoms with Gasteiger partial charge in [-0.3, -0.25) is 24.0 Å². The molecule has 0 aliphatic carbocycles. The van der Waals surface area contributed by atoms with E-state index in [0.29, 0.717) is 12.8 Å². The zero-order chi connectivity index (χ0) is 22.5. The van der Waals surface area contributed by atoms with Crippen molar-refractivity contribution in [1.82, 2.24) is 5.32 Å². The van der Waals surface area contributed by atoms with Crippen molar-refractivity contribution >= 4 is 29.8 Å². The summed E-state index contributed by atoms with van der Waals surface area (Å²) in [5.74, 6) is -3.10. The Balaban J connectivity index is 2.54. The summed E-state index contributed by atoms with van der Waals surface area (Å²) < 4.78 is 27.3. The number of ether oxygens (including phenoxy) is 5. The third-order valence-corrected chi connectivity index (χ3v) is 4.71. The van der Waals surface area contributed by atoms with Crippen LogP contribution in [0.2, 0.25) is 0 Å². The number of hydrogen-bond donors (Lipinski definition) is 1. The van der Waals surface area contributed by atoms with Crippen molar-refractivity contribution in [2.45, 2.75) is 83.5 Å². The highest BCUT2D eigenvalue weighted by Crippen LogP contribution is 2.38. The molecule has 0 radical (unpaired) electrons. The molecule has 0 bridgehead atoms. The van der Waals surface area contributed by atoms with Gasteiger partial charge >= 0.3 is 23.9 Å². The summed E-state index contributed by atoms with van der Waals surface area (Å²) in [6.07, 6.45) is -3.35. The smallest absolute Gasteiger partial charge is 0.303 e. The lowest BCUT2D eigenvalue weighted by Gasteiger charge is -2.51. The molecule has 2 fully saturated rings. The predicted molar refractivity (Wildman–Crippen MR) is 97.5 cm³/mol. The Bertz CT molecular complexity index is 707. The molecule has 1 N–H and O–H groups in total. The SMILES string of the molecule is CC(=O)OC[C@H]1O[C@]2(CCCCC(=O)N2)[C@H](OC(C)=O)[C@@H](OC(C)=O)[C@@H]1OC(C)=O. The molecule has 11 heteroatoms. The predicted octanol–water partition coefficient (Wildman–Crippen LogP) is 0.130. The second kappa shape index (κ2) is 9.88. The zero-order valence-corrected chi connectivity index (χ0v) is 17.4. The van der Waals surface area contributed by atoms with Crippen LogP contribution >= 0.6 is 0 Å². The highest BCUT2D eigenvalue weighted by atomic mass is 16.7. The van der Waals surface area contributed by atoms with Crippen LogP contribution in [0.1, 0.15) is 53.4 Å². The van der Waals surface area contributed by atoms with E-state index in [4.69, 9.17) is 23.7 Å². The Morgan fingerprint density at radius 2 is 1.53 bits per heavy atom. The molecule has 0 aromatic carbocycles. The van der Waals surface area contributed by atoms with Gasteiger partial charge in [-0.25, -0.2) is 0 Å². The molecule has 30 heavy (non-hydrogen) atoms. The third-order valence-electron chi connectivity index (χ3n) is 4.71. The Labute approximate surface area is 173 Å². The lowest BCUT2D eigenvalue weighted by Crippen LogP contribution is -2.73. The molecule has 0 aromatic rings. The average molecular weight is 429 g/mol. The van der Waals surface area contributed by atoms with Gasteiger partial charge in [0.25, 0.3) is 0 Å². The maximum atomic E-state index is 12.3. The van der Waals surface area contributed by atoms with Gasteiger partial charge in [0, 0.05) is 34.1 Å². The van der Waals surface area contributed by atoms with Crippen molar-refractivity contribution in [3.8, 4) is 0 Å². The normalized spacial score (nSPS) is 31.1. The number of carbonyl (C=O) groups excluding carboxylic acids is 5. The number of hydrogen-bond acceptors (Lipinski definition) is 10. The fourth-order valence-electron chi connectivity index (χ4n) is 3.71. The van der Waals surface area contributed by atoms with E-state index in [1.165, 1.54) is 6.92 Å². The van der Waals surface area contributed by atoms with Gasteiger partial charge in [-0.15, -0.1) is 0 Å². The molecular weight excluding hydrogens is 402 g/mol. The standard InChI is InChI=1S/C19H27NO10/c1-10(21)26-9-14-16(27-11(2)22)17(28-12(3)23)18(29-13(4)24)19(30-14)8-6-5-7-15(25)20-19/h14,16-18H,5-9H2,1-4H3,(H,20,25)/t14-,16-,17+,18-,19-/m1/s1. The fraction of sp³-hybridized carbons (Fsp3) is 0.737. The van der Waals surface area contributed by atoms with Gasteiger partial charge in [0.1, 0.15) is 12.7 Å². The van der Waals surface area contributed by atoms with Crippen LogP contribution in [0.25, 0.3) is 0 Å². The Kier molecular flexibility index (Phi) is 7.77. The molecule has 2 aliphatic rings. The maximum absolute atomic E-state index is 12.3. The number of rotatable bonds is 5. The monoisotopic (exact) mass is 429 g/mol. The third kappa shape index (κ3) is 5.91. The summed E-state index contributed by atoms with van der Waals surface area (Å²) in [4.78, 5) is 59.1. The Morgan fingerprint density at radius 3 is 2.10 bits per heavy atom. The molecule has 1 amide bonds. The van der Waals surface area contributed by atoms with Gasteiger partial charge in [0.15, 0.2) is 24.0 Å². The lowest BCUT2D eigenvalue weighted by molar-refractivity contribution is -0.294. The van der Waals surface area contributed by atoms with Crippen molar-refractivity contribution in [1.29, 1.82) is 0 Å². The van der Waals surface area contributed by atoms with Crippen LogP contribution in [0.15, 0.2) is 0 Å². The minimum Gasteiger partial charge on any atom is -0.463 e. The van der Waals surface area contributed by atoms with E-state index >= 15 is 0 Å². The summed E-state index contributed by atoms with van der Waals surface area (Å²) in [6.45, 7) is 4.30. The van der Waals surface area contributed by atoms with Crippen molar-refractivity contribution in [3.05, 3.63) is 0 Å². The van der Waals surface area contributed by atoms with E-state index in [9.17, 15) is 24.0 Å². The van der Waals surface area contributed by atoms with Crippen LogP contribution in [0.4, 0.5) is 0 Å². The molecule has 0 saturated carbocycles. The first-order valence-corrected chi connectivity index (χ1v) is 9.68. The number of esters is 4. The molecule has 0 unspecified atom stereocenters. The first kappa shape index (κ1) is 23.6. The average Bonchev–Trinajstić information content (AvgIpc) is 2.80. The Morgan fingerprint density at radius 1 is 0.933 bits per heavy atom. The summed E-state index contributed by atoms with van der Waals surface area (Å²) in [5, 5.41) is 2.73. The number of nitrogens with one attached hydrogen (secondary N) is 1. The minimum atomic E-state index is -1.55. The Hall–Kier alpha value is -2.69. The zero-order valence-electron chi connectivity index (χ0n) is 17.4. The summed E-state index contributed by atoms with van der Waals surface area (Å²) in [5.41, 5.74) is -1.55. The van der Waals surface area contributed by atoms with E-state index in [1.54, 1.807) is 0 Å². The highest BCUT2D eigenvalue weighted by molar-refractivity contribution is 5.77. The second-order valence-electron chi connectivity index (χ2n) is 7.28. The van der Waals surface area contributed by atoms with Crippen molar-refractivity contribution < 1.29 is 47.7 Å². The van der Waals surface area contributed by atoms with Crippen LogP contribution in [0.5, 0.6) is 0 Å². The van der Waals surface area contributed by atoms with Gasteiger partial charge in [-0.05, 0) is 19.3 Å². The van der Waals surface area contributed by atoms with E-state index in [0.717, 1.165) is 20.8 Å². The van der Waals surface area contributed by atoms with Gasteiger partial charge in [-0.1, -0.05) is 0 Å². The van der Waals surface area contributed by atoms with E-state index < -0.39 is 54.0 Å². The summed E-state index contributed by atoms with van der Waals surface area (Å²) >= 11 is 0. The maximum Gasteiger partial charge on any atom is 0.303 e. The van der Waals surface area contributed by atoms with Crippen LogP contribution in [-0.4, -0.2) is 66.5 Å². The van der Waals surface area contributed by atoms with Crippen LogP contribution in [0, 0.1) is 0 Å². The number of carbonyl (C=O) groups is 5. The van der Waals surface area contributed by atoms with Crippen molar-refractivity contribution in [2.24, 2.45) is 0 Å². The number of amides is 1. The quantitative estimate of drug-likeness (QED) is 0.473. The molecular formula is C19H27NO10. The van der Waals surface area contributed by atoms with Crippen LogP contribution in [0.3, 0.4) is 0 Å². The lowest BCUT2D eigenvalue weighted by atomic mass is 9.87. The first-order valence-electron chi connectivity index (χ1n) is 9.68. The van der Waals surface area contributed by atoms with E-state index in [-0.39, 0.29) is 25.4 Å². The van der Waals surface area contributed by atoms with Gasteiger partial charge in [-0.2, -0.15) is 0 Å². The van der Waals surface area contributed by atoms with Crippen molar-refractivity contribution in [2.75, 3.05) is 6.61 Å². The first-order chi connectivity index (χ1) is 14.0. The van der Waals surface area contributed by atoms with Gasteiger partial charge < -0.3 is 29.0 Å². The molecule has 1 spiro atoms. The molecule has 5 atom stereocenters. The second-order valence-corrected chi connectivity index (χ2v) is 7.28. The van der Waals surface area contributed by atoms with Gasteiger partial charge in [0.05, 0.1) is 0 Å².